The van der Waals surface area contributed by atoms with Gasteiger partial charge >= 0.3 is 0 Å². The Kier molecular flexibility index (Phi) is 2.69. The number of hydrogen-bond donors (Lipinski definition) is 1. The summed E-state index contributed by atoms with van der Waals surface area (Å²) in [5.41, 5.74) is 5.27. The van der Waals surface area contributed by atoms with E-state index in [4.69, 9.17) is 0 Å². The van der Waals surface area contributed by atoms with E-state index >= 15 is 0 Å². The first kappa shape index (κ1) is 10.1. The molecular weight excluding hydrogens is 184 g/mol. The number of hydrogen-bond acceptors (Lipinski definition) is 1. The molecule has 0 saturated heterocycles. The maximum atomic E-state index is 4.36. The van der Waals surface area contributed by atoms with Gasteiger partial charge in [0, 0.05) is 5.92 Å². The van der Waals surface area contributed by atoms with Crippen LogP contribution in [0.25, 0.3) is 0 Å². The van der Waals surface area contributed by atoms with Crippen molar-refractivity contribution in [1.82, 2.24) is 0 Å². The lowest BCUT2D eigenvalue weighted by Gasteiger charge is -2.14. The van der Waals surface area contributed by atoms with Crippen molar-refractivity contribution in [3.05, 3.63) is 46.8 Å². The molecule has 2 heteroatoms. The molecule has 1 aliphatic rings. The van der Waals surface area contributed by atoms with Crippen LogP contribution in [0.2, 0.25) is 0 Å². The summed E-state index contributed by atoms with van der Waals surface area (Å²) in [6, 6.07) is 6.47. The first-order valence-electron chi connectivity index (χ1n) is 5.34. The van der Waals surface area contributed by atoms with Gasteiger partial charge in [-0.1, -0.05) is 25.1 Å². The van der Waals surface area contributed by atoms with Gasteiger partial charge in [0.15, 0.2) is 6.34 Å². The molecule has 0 fully saturated rings. The molecule has 1 heterocycles. The second-order valence-electron chi connectivity index (χ2n) is 4.07. The van der Waals surface area contributed by atoms with E-state index in [2.05, 4.69) is 50.2 Å². The highest BCUT2D eigenvalue weighted by atomic mass is 15.0. The van der Waals surface area contributed by atoms with E-state index in [9.17, 15) is 0 Å². The number of benzene rings is 1. The predicted molar refractivity (Wildman–Crippen MR) is 62.8 cm³/mol. The van der Waals surface area contributed by atoms with Crippen molar-refractivity contribution < 1.29 is 5.32 Å². The molecule has 0 amide bonds. The molecule has 78 valence electrons. The fourth-order valence-corrected chi connectivity index (χ4v) is 1.97. The molecule has 2 rings (SSSR count). The molecule has 0 spiro atoms. The highest BCUT2D eigenvalue weighted by Crippen LogP contribution is 2.28. The number of nitrogens with zero attached hydrogens (tertiary/aromatic N) is 1. The molecule has 0 bridgehead atoms. The van der Waals surface area contributed by atoms with E-state index in [1.54, 1.807) is 0 Å². The average Bonchev–Trinajstić information content (AvgIpc) is 2.74. The zero-order chi connectivity index (χ0) is 10.8. The van der Waals surface area contributed by atoms with Crippen LogP contribution in [0.1, 0.15) is 29.5 Å². The monoisotopic (exact) mass is 201 g/mol. The number of quaternary nitrogens is 1. The van der Waals surface area contributed by atoms with Crippen LogP contribution in [-0.2, 0) is 0 Å². The maximum absolute atomic E-state index is 4.36. The van der Waals surface area contributed by atoms with Crippen LogP contribution in [-0.4, -0.2) is 6.34 Å². The van der Waals surface area contributed by atoms with Crippen LogP contribution in [0.5, 0.6) is 0 Å². The minimum absolute atomic E-state index is 0.389. The van der Waals surface area contributed by atoms with E-state index in [1.807, 2.05) is 11.7 Å². The summed E-state index contributed by atoms with van der Waals surface area (Å²) < 4.78 is 0. The van der Waals surface area contributed by atoms with Crippen molar-refractivity contribution in [2.75, 3.05) is 0 Å². The molecular formula is C13H17N2+. The van der Waals surface area contributed by atoms with Gasteiger partial charge in [0.25, 0.3) is 0 Å². The molecule has 0 aromatic heterocycles. The number of nitrogens with two attached hydrogens (primary N) is 1. The predicted octanol–water partition coefficient (Wildman–Crippen LogP) is 1.85. The molecule has 1 aliphatic heterocycles. The van der Waals surface area contributed by atoms with E-state index < -0.39 is 0 Å². The Labute approximate surface area is 90.7 Å². The fraction of sp³-hybridized carbons (Fsp3) is 0.308. The van der Waals surface area contributed by atoms with Crippen molar-refractivity contribution >= 4 is 6.34 Å². The third-order valence-electron chi connectivity index (χ3n) is 3.13. The van der Waals surface area contributed by atoms with Crippen LogP contribution in [0, 0.1) is 13.8 Å². The standard InChI is InChI=1S/C13H16N2/c1-9-5-4-6-12(10(9)2)11(3)13-7-14-8-15-13/h4-8,11H,1-3H3,(H,14,15)/p+1. The minimum atomic E-state index is 0.389. The summed E-state index contributed by atoms with van der Waals surface area (Å²) in [5.74, 6) is 0.389. The highest BCUT2D eigenvalue weighted by molar-refractivity contribution is 5.50. The summed E-state index contributed by atoms with van der Waals surface area (Å²) in [5, 5.41) is 2.00. The molecule has 1 atom stereocenters. The third-order valence-corrected chi connectivity index (χ3v) is 3.13. The Bertz CT molecular complexity index is 430. The van der Waals surface area contributed by atoms with E-state index in [0.717, 1.165) is 5.70 Å². The lowest BCUT2D eigenvalue weighted by Crippen LogP contribution is -2.74. The van der Waals surface area contributed by atoms with Crippen molar-refractivity contribution in [1.29, 1.82) is 0 Å². The first-order chi connectivity index (χ1) is 7.20. The Morgan fingerprint density at radius 1 is 1.27 bits per heavy atom. The van der Waals surface area contributed by atoms with Gasteiger partial charge in [0.2, 0.25) is 0 Å². The van der Waals surface area contributed by atoms with Gasteiger partial charge in [0.1, 0.15) is 11.9 Å². The van der Waals surface area contributed by atoms with Gasteiger partial charge < -0.3 is 0 Å². The quantitative estimate of drug-likeness (QED) is 0.756. The molecule has 1 unspecified atom stereocenters. The number of rotatable bonds is 2. The van der Waals surface area contributed by atoms with Gasteiger partial charge in [-0.2, -0.15) is 0 Å². The van der Waals surface area contributed by atoms with Gasteiger partial charge in [0.05, 0.1) is 0 Å². The molecule has 0 radical (unpaired) electrons. The third kappa shape index (κ3) is 1.85. The molecule has 15 heavy (non-hydrogen) atoms. The lowest BCUT2D eigenvalue weighted by atomic mass is 9.92. The Balaban J connectivity index is 2.37. The number of aryl methyl sites for hydroxylation is 1. The van der Waals surface area contributed by atoms with Crippen molar-refractivity contribution in [2.45, 2.75) is 26.7 Å². The molecule has 2 N–H and O–H groups in total. The minimum Gasteiger partial charge on any atom is -0.276 e. The van der Waals surface area contributed by atoms with Crippen LogP contribution in [0.3, 0.4) is 0 Å². The molecule has 0 saturated carbocycles. The number of aliphatic imine (C=N–C) groups is 1. The maximum Gasteiger partial charge on any atom is 0.191 e. The van der Waals surface area contributed by atoms with Crippen LogP contribution < -0.4 is 5.32 Å². The van der Waals surface area contributed by atoms with Crippen molar-refractivity contribution in [2.24, 2.45) is 4.99 Å². The van der Waals surface area contributed by atoms with Crippen molar-refractivity contribution in [3.8, 4) is 0 Å². The second-order valence-corrected chi connectivity index (χ2v) is 4.07. The van der Waals surface area contributed by atoms with Crippen LogP contribution >= 0.6 is 0 Å². The summed E-state index contributed by atoms with van der Waals surface area (Å²) in [6.07, 6.45) is 3.95. The topological polar surface area (TPSA) is 29.0 Å². The normalized spacial score (nSPS) is 16.6. The van der Waals surface area contributed by atoms with E-state index in [1.165, 1.54) is 16.7 Å². The summed E-state index contributed by atoms with van der Waals surface area (Å²) in [6.45, 7) is 6.55. The van der Waals surface area contributed by atoms with Gasteiger partial charge in [-0.25, -0.2) is 4.99 Å². The molecule has 1 aromatic rings. The Hall–Kier alpha value is -1.41. The second kappa shape index (κ2) is 3.99. The largest absolute Gasteiger partial charge is 0.276 e. The van der Waals surface area contributed by atoms with Crippen LogP contribution in [0.4, 0.5) is 0 Å². The van der Waals surface area contributed by atoms with Crippen molar-refractivity contribution in [3.63, 3.8) is 0 Å². The van der Waals surface area contributed by atoms with Gasteiger partial charge in [-0.05, 0) is 30.5 Å². The Morgan fingerprint density at radius 3 is 2.73 bits per heavy atom. The SMILES string of the molecule is Cc1cccc(C(C)C2=C[NH2+]C=N2)c1C. The smallest absolute Gasteiger partial charge is 0.191 e. The zero-order valence-electron chi connectivity index (χ0n) is 9.49. The molecule has 1 aromatic carbocycles. The summed E-state index contributed by atoms with van der Waals surface area (Å²) in [7, 11) is 0. The first-order valence-corrected chi connectivity index (χ1v) is 5.34. The summed E-state index contributed by atoms with van der Waals surface area (Å²) >= 11 is 0. The highest BCUT2D eigenvalue weighted by Gasteiger charge is 2.16. The summed E-state index contributed by atoms with van der Waals surface area (Å²) in [4.78, 5) is 4.36. The van der Waals surface area contributed by atoms with Gasteiger partial charge in [-0.15, -0.1) is 0 Å². The molecule has 0 aliphatic carbocycles. The van der Waals surface area contributed by atoms with Crippen LogP contribution in [0.15, 0.2) is 35.1 Å². The number of allylic oxidation sites excluding steroid dienone is 1. The van der Waals surface area contributed by atoms with E-state index in [-0.39, 0.29) is 0 Å². The lowest BCUT2D eigenvalue weighted by molar-refractivity contribution is -0.447. The van der Waals surface area contributed by atoms with Gasteiger partial charge in [-0.3, -0.25) is 5.32 Å². The molecule has 2 nitrogen and oxygen atoms in total. The van der Waals surface area contributed by atoms with E-state index in [0.29, 0.717) is 5.92 Å². The Morgan fingerprint density at radius 2 is 2.07 bits per heavy atom. The zero-order valence-corrected chi connectivity index (χ0v) is 9.49. The fourth-order valence-electron chi connectivity index (χ4n) is 1.97. The average molecular weight is 201 g/mol.